The molecule has 7 N–H and O–H groups in total. The molecule has 0 aromatic rings. The average molecular weight is 608 g/mol. The Morgan fingerprint density at radius 3 is 1.95 bits per heavy atom. The molecule has 2 saturated heterocycles. The maximum atomic E-state index is 13.1. The molecule has 0 aromatic carbocycles. The number of unbranched alkanes of at least 4 members (excludes halogenated alkanes) is 5. The van der Waals surface area contributed by atoms with Crippen molar-refractivity contribution in [2.45, 2.75) is 112 Å². The third-order valence-corrected chi connectivity index (χ3v) is 6.83. The molecule has 2 fully saturated rings. The van der Waals surface area contributed by atoms with E-state index in [2.05, 4.69) is 4.74 Å². The second-order valence-corrected chi connectivity index (χ2v) is 9.83. The summed E-state index contributed by atoms with van der Waals surface area (Å²) in [5.41, 5.74) is 0. The number of amides is 1. The number of hydrogen-bond donors (Lipinski definition) is 7. The number of alkyl halides is 3. The van der Waals surface area contributed by atoms with Crippen molar-refractivity contribution in [2.75, 3.05) is 26.9 Å². The van der Waals surface area contributed by atoms with E-state index in [9.17, 15) is 53.4 Å². The van der Waals surface area contributed by atoms with Gasteiger partial charge in [0.1, 0.15) is 48.8 Å². The van der Waals surface area contributed by atoms with E-state index in [-0.39, 0.29) is 12.6 Å². The van der Waals surface area contributed by atoms with Crippen molar-refractivity contribution < 1.29 is 77.1 Å². The zero-order valence-corrected chi connectivity index (χ0v) is 22.5. The lowest BCUT2D eigenvalue weighted by Gasteiger charge is -2.47. The predicted octanol–water partition coefficient (Wildman–Crippen LogP) is -1.78. The van der Waals surface area contributed by atoms with Crippen molar-refractivity contribution in [1.29, 1.82) is 0 Å². The van der Waals surface area contributed by atoms with E-state index in [1.165, 1.54) is 7.11 Å². The summed E-state index contributed by atoms with van der Waals surface area (Å²) in [6, 6.07) is -1.84. The number of carbonyl (C=O) groups is 2. The first-order valence-corrected chi connectivity index (χ1v) is 13.3. The number of methoxy groups -OCH3 is 1. The molecule has 0 spiro atoms. The summed E-state index contributed by atoms with van der Waals surface area (Å²) < 4.78 is 65.8. The van der Waals surface area contributed by atoms with Gasteiger partial charge in [0, 0.05) is 13.0 Å². The third-order valence-electron chi connectivity index (χ3n) is 6.83. The Bertz CT molecular complexity index is 805. The highest BCUT2D eigenvalue weighted by Crippen LogP contribution is 2.30. The van der Waals surface area contributed by atoms with Crippen LogP contribution in [0.2, 0.25) is 0 Å². The smallest absolute Gasteiger partial charge is 0.469 e. The first-order valence-electron chi connectivity index (χ1n) is 13.3. The van der Waals surface area contributed by atoms with Gasteiger partial charge < -0.3 is 59.6 Å². The van der Waals surface area contributed by atoms with Crippen molar-refractivity contribution in [1.82, 2.24) is 5.32 Å². The van der Waals surface area contributed by atoms with Crippen molar-refractivity contribution in [3.8, 4) is 0 Å². The molecule has 17 heteroatoms. The molecule has 2 aliphatic rings. The van der Waals surface area contributed by atoms with Gasteiger partial charge in [0.15, 0.2) is 12.6 Å². The topological polar surface area (TPSA) is 214 Å². The first kappa shape index (κ1) is 35.5. The van der Waals surface area contributed by atoms with Gasteiger partial charge in [-0.3, -0.25) is 9.59 Å². The summed E-state index contributed by atoms with van der Waals surface area (Å²) in [6.07, 6.45) is -16.7. The number of carbonyl (C=O) groups excluding carboxylic acids is 2. The molecule has 0 aromatic heterocycles. The lowest BCUT2D eigenvalue weighted by molar-refractivity contribution is -0.345. The molecule has 0 aliphatic carbocycles. The van der Waals surface area contributed by atoms with Gasteiger partial charge in [0.25, 0.3) is 0 Å². The van der Waals surface area contributed by atoms with Crippen LogP contribution in [0.25, 0.3) is 0 Å². The summed E-state index contributed by atoms with van der Waals surface area (Å²) in [5.74, 6) is -2.71. The summed E-state index contributed by atoms with van der Waals surface area (Å²) >= 11 is 0. The molecule has 0 bridgehead atoms. The molecule has 2 aliphatic heterocycles. The molecular weight excluding hydrogens is 567 g/mol. The van der Waals surface area contributed by atoms with Crippen LogP contribution in [0.3, 0.4) is 0 Å². The fraction of sp³-hybridized carbons (Fsp3) is 0.917. The molecule has 7 unspecified atom stereocenters. The summed E-state index contributed by atoms with van der Waals surface area (Å²) in [6.45, 7) is -1.71. The quantitative estimate of drug-likeness (QED) is 0.0811. The Labute approximate surface area is 234 Å². The van der Waals surface area contributed by atoms with Gasteiger partial charge in [-0.2, -0.15) is 13.2 Å². The van der Waals surface area contributed by atoms with Gasteiger partial charge in [-0.05, 0) is 12.8 Å². The summed E-state index contributed by atoms with van der Waals surface area (Å²) in [4.78, 5) is 23.0. The Hall–Kier alpha value is -1.67. The number of ether oxygens (including phenoxy) is 5. The minimum absolute atomic E-state index is 0.0494. The van der Waals surface area contributed by atoms with E-state index >= 15 is 0 Å². The van der Waals surface area contributed by atoms with Crippen LogP contribution in [0, 0.1) is 0 Å². The van der Waals surface area contributed by atoms with Gasteiger partial charge >= 0.3 is 18.1 Å². The zero-order chi connectivity index (χ0) is 30.7. The van der Waals surface area contributed by atoms with Crippen LogP contribution in [0.1, 0.15) is 44.9 Å². The van der Waals surface area contributed by atoms with Gasteiger partial charge in [0.2, 0.25) is 0 Å². The van der Waals surface area contributed by atoms with Gasteiger partial charge in [-0.25, -0.2) is 0 Å². The maximum absolute atomic E-state index is 13.1. The van der Waals surface area contributed by atoms with Gasteiger partial charge in [-0.15, -0.1) is 0 Å². The number of rotatable bonds is 15. The molecule has 240 valence electrons. The largest absolute Gasteiger partial charge is 0.471 e. The minimum atomic E-state index is -5.34. The Balaban J connectivity index is 2.09. The molecule has 14 nitrogen and oxygen atoms in total. The Kier molecular flexibility index (Phi) is 14.6. The van der Waals surface area contributed by atoms with Crippen molar-refractivity contribution in [2.24, 2.45) is 0 Å². The highest BCUT2D eigenvalue weighted by molar-refractivity contribution is 5.82. The highest BCUT2D eigenvalue weighted by atomic mass is 19.4. The molecule has 0 saturated carbocycles. The van der Waals surface area contributed by atoms with Crippen molar-refractivity contribution in [3.63, 3.8) is 0 Å². The molecule has 0 radical (unpaired) electrons. The van der Waals surface area contributed by atoms with E-state index in [1.807, 2.05) is 0 Å². The number of esters is 1. The Morgan fingerprint density at radius 2 is 1.37 bits per heavy atom. The fourth-order valence-electron chi connectivity index (χ4n) is 4.47. The summed E-state index contributed by atoms with van der Waals surface area (Å²) in [5, 5.41) is 61.8. The maximum Gasteiger partial charge on any atom is 0.471 e. The molecule has 2 heterocycles. The van der Waals surface area contributed by atoms with Crippen molar-refractivity contribution >= 4 is 11.9 Å². The van der Waals surface area contributed by atoms with Crippen LogP contribution >= 0.6 is 0 Å². The number of aliphatic hydroxyl groups is 6. The molecule has 10 atom stereocenters. The van der Waals surface area contributed by atoms with Gasteiger partial charge in [-0.1, -0.05) is 25.7 Å². The van der Waals surface area contributed by atoms with Crippen LogP contribution in [-0.2, 0) is 33.3 Å². The monoisotopic (exact) mass is 607 g/mol. The van der Waals surface area contributed by atoms with Crippen LogP contribution in [0.15, 0.2) is 0 Å². The average Bonchev–Trinajstić information content (AvgIpc) is 2.93. The SMILES string of the molecule is COC(=O)CCCCCCCCO[C@@H]1OC(CO)[C@H](O)C(OC2OC(CO)[C@@H](O)C(O)C2O)C1NC(=O)C(F)(F)F. The lowest BCUT2D eigenvalue weighted by atomic mass is 9.95. The highest BCUT2D eigenvalue weighted by Gasteiger charge is 2.53. The van der Waals surface area contributed by atoms with Crippen LogP contribution in [0.4, 0.5) is 13.2 Å². The standard InChI is InChI=1S/C24H40F3NO13/c1-37-14(31)8-6-4-2-3-5-7-9-38-21-15(28-23(36)24(25,26)27)20(17(33)13(11-30)39-21)41-22-19(35)18(34)16(32)12(10-29)40-22/h12-13,15-22,29-30,32-35H,2-11H2,1H3,(H,28,36)/t12?,13?,15?,16-,17+,18?,19?,20?,21-,22?/m1/s1. The number of aliphatic hydroxyl groups excluding tert-OH is 6. The van der Waals surface area contributed by atoms with E-state index < -0.39 is 86.6 Å². The number of halogens is 3. The van der Waals surface area contributed by atoms with E-state index in [4.69, 9.17) is 18.9 Å². The van der Waals surface area contributed by atoms with Crippen LogP contribution in [-0.4, -0.2) is 137 Å². The third kappa shape index (κ3) is 10.2. The second-order valence-electron chi connectivity index (χ2n) is 9.83. The van der Waals surface area contributed by atoms with Gasteiger partial charge in [0.05, 0.1) is 20.3 Å². The van der Waals surface area contributed by atoms with Crippen LogP contribution < -0.4 is 5.32 Å². The predicted molar refractivity (Wildman–Crippen MR) is 129 cm³/mol. The molecule has 41 heavy (non-hydrogen) atoms. The van der Waals surface area contributed by atoms with E-state index in [0.717, 1.165) is 19.3 Å². The molecular formula is C24H40F3NO13. The first-order chi connectivity index (χ1) is 19.3. The van der Waals surface area contributed by atoms with E-state index in [1.54, 1.807) is 5.32 Å². The zero-order valence-electron chi connectivity index (χ0n) is 22.5. The molecule has 2 rings (SSSR count). The fourth-order valence-corrected chi connectivity index (χ4v) is 4.47. The van der Waals surface area contributed by atoms with E-state index in [0.29, 0.717) is 25.7 Å². The summed E-state index contributed by atoms with van der Waals surface area (Å²) in [7, 11) is 1.31. The second kappa shape index (κ2) is 16.8. The normalized spacial score (nSPS) is 34.3. The van der Waals surface area contributed by atoms with Crippen LogP contribution in [0.5, 0.6) is 0 Å². The Morgan fingerprint density at radius 1 is 0.805 bits per heavy atom. The molecule has 1 amide bonds. The van der Waals surface area contributed by atoms with Crippen molar-refractivity contribution in [3.05, 3.63) is 0 Å². The number of hydrogen-bond acceptors (Lipinski definition) is 13. The lowest BCUT2D eigenvalue weighted by Crippen LogP contribution is -2.68. The minimum Gasteiger partial charge on any atom is -0.469 e. The number of nitrogens with one attached hydrogen (secondary N) is 1.